The van der Waals surface area contributed by atoms with Gasteiger partial charge in [-0.05, 0) is 19.8 Å². The maximum Gasteiger partial charge on any atom is 0.329 e. The molecule has 0 bridgehead atoms. The van der Waals surface area contributed by atoms with Crippen molar-refractivity contribution in [3.63, 3.8) is 0 Å². The summed E-state index contributed by atoms with van der Waals surface area (Å²) in [6, 6.07) is 0. The fourth-order valence-corrected chi connectivity index (χ4v) is 1.91. The number of carboxylic acids is 1. The fourth-order valence-electron chi connectivity index (χ4n) is 1.91. The van der Waals surface area contributed by atoms with Crippen molar-refractivity contribution >= 4 is 11.9 Å². The van der Waals surface area contributed by atoms with Crippen LogP contribution in [-0.4, -0.2) is 40.5 Å². The summed E-state index contributed by atoms with van der Waals surface area (Å²) < 4.78 is 0. The van der Waals surface area contributed by atoms with Crippen molar-refractivity contribution in [3.05, 3.63) is 0 Å². The highest BCUT2D eigenvalue weighted by Crippen LogP contribution is 2.30. The molecule has 1 aliphatic rings. The van der Waals surface area contributed by atoms with Gasteiger partial charge < -0.3 is 15.7 Å². The van der Waals surface area contributed by atoms with E-state index in [9.17, 15) is 9.59 Å². The first-order chi connectivity index (χ1) is 6.93. The van der Waals surface area contributed by atoms with Crippen LogP contribution < -0.4 is 5.73 Å². The third-order valence-electron chi connectivity index (χ3n) is 3.14. The number of amides is 1. The minimum atomic E-state index is -1.04. The molecule has 86 valence electrons. The van der Waals surface area contributed by atoms with Gasteiger partial charge in [0.15, 0.2) is 0 Å². The Kier molecular flexibility index (Phi) is 3.34. The molecule has 3 N–H and O–H groups in total. The number of nitrogens with two attached hydrogens (primary N) is 1. The topological polar surface area (TPSA) is 83.6 Å². The van der Waals surface area contributed by atoms with Crippen molar-refractivity contribution < 1.29 is 14.7 Å². The van der Waals surface area contributed by atoms with Gasteiger partial charge in [-0.1, -0.05) is 6.92 Å². The standard InChI is InChI=1S/C10H18N2O3/c1-7(6-11)8(13)12-5-3-4-10(12,2)9(14)15/h7H,3-6,11H2,1-2H3,(H,14,15)/t7-,10+/m0/s1. The van der Waals surface area contributed by atoms with Gasteiger partial charge in [-0.15, -0.1) is 0 Å². The highest BCUT2D eigenvalue weighted by atomic mass is 16.4. The molecular weight excluding hydrogens is 196 g/mol. The lowest BCUT2D eigenvalue weighted by atomic mass is 9.98. The molecule has 0 aromatic heterocycles. The SMILES string of the molecule is C[C@@H](CN)C(=O)N1CCC[C@]1(C)C(=O)O. The lowest BCUT2D eigenvalue weighted by Crippen LogP contribution is -2.53. The average Bonchev–Trinajstić information content (AvgIpc) is 2.59. The first-order valence-corrected chi connectivity index (χ1v) is 5.18. The molecule has 1 fully saturated rings. The third kappa shape index (κ3) is 1.97. The Labute approximate surface area is 89.2 Å². The number of hydrogen-bond acceptors (Lipinski definition) is 3. The minimum absolute atomic E-state index is 0.153. The predicted octanol–water partition coefficient (Wildman–Crippen LogP) is 0.0469. The Hall–Kier alpha value is -1.10. The molecule has 0 unspecified atom stereocenters. The Morgan fingerprint density at radius 1 is 1.60 bits per heavy atom. The molecule has 0 aromatic rings. The third-order valence-corrected chi connectivity index (χ3v) is 3.14. The molecule has 1 saturated heterocycles. The molecule has 5 nitrogen and oxygen atoms in total. The minimum Gasteiger partial charge on any atom is -0.480 e. The van der Waals surface area contributed by atoms with Crippen LogP contribution in [0.15, 0.2) is 0 Å². The fraction of sp³-hybridized carbons (Fsp3) is 0.800. The smallest absolute Gasteiger partial charge is 0.329 e. The van der Waals surface area contributed by atoms with E-state index in [-0.39, 0.29) is 18.4 Å². The summed E-state index contributed by atoms with van der Waals surface area (Å²) in [4.78, 5) is 24.5. The van der Waals surface area contributed by atoms with Crippen LogP contribution in [-0.2, 0) is 9.59 Å². The van der Waals surface area contributed by atoms with E-state index in [1.807, 2.05) is 0 Å². The maximum absolute atomic E-state index is 11.9. The van der Waals surface area contributed by atoms with Crippen LogP contribution in [0, 0.1) is 5.92 Å². The number of nitrogens with zero attached hydrogens (tertiary/aromatic N) is 1. The molecule has 1 heterocycles. The van der Waals surface area contributed by atoms with Crippen LogP contribution in [0.2, 0.25) is 0 Å². The molecule has 2 atom stereocenters. The van der Waals surface area contributed by atoms with Gasteiger partial charge in [-0.25, -0.2) is 4.79 Å². The van der Waals surface area contributed by atoms with Crippen LogP contribution in [0.1, 0.15) is 26.7 Å². The van der Waals surface area contributed by atoms with Gasteiger partial charge in [0.1, 0.15) is 5.54 Å². The summed E-state index contributed by atoms with van der Waals surface area (Å²) in [5.74, 6) is -1.39. The van der Waals surface area contributed by atoms with Crippen LogP contribution in [0.4, 0.5) is 0 Å². The molecule has 0 aromatic carbocycles. The molecule has 5 heteroatoms. The molecule has 0 aliphatic carbocycles. The van der Waals surface area contributed by atoms with E-state index in [0.29, 0.717) is 13.0 Å². The summed E-state index contributed by atoms with van der Waals surface area (Å²) in [6.07, 6.45) is 1.26. The number of carbonyl (C=O) groups is 2. The lowest BCUT2D eigenvalue weighted by Gasteiger charge is -2.32. The van der Waals surface area contributed by atoms with E-state index in [0.717, 1.165) is 6.42 Å². The molecule has 1 rings (SSSR count). The second-order valence-electron chi connectivity index (χ2n) is 4.31. The quantitative estimate of drug-likeness (QED) is 0.695. The number of rotatable bonds is 3. The van der Waals surface area contributed by atoms with Crippen LogP contribution in [0.3, 0.4) is 0 Å². The predicted molar refractivity (Wildman–Crippen MR) is 55.2 cm³/mol. The summed E-state index contributed by atoms with van der Waals surface area (Å²) in [5, 5.41) is 9.12. The molecule has 1 aliphatic heterocycles. The van der Waals surface area contributed by atoms with E-state index < -0.39 is 11.5 Å². The zero-order chi connectivity index (χ0) is 11.6. The van der Waals surface area contributed by atoms with E-state index in [1.54, 1.807) is 13.8 Å². The van der Waals surface area contributed by atoms with Crippen LogP contribution >= 0.6 is 0 Å². The number of carboxylic acid groups (broad SMARTS) is 1. The van der Waals surface area contributed by atoms with E-state index in [2.05, 4.69) is 0 Å². The number of hydrogen-bond donors (Lipinski definition) is 2. The van der Waals surface area contributed by atoms with Crippen molar-refractivity contribution in [3.8, 4) is 0 Å². The highest BCUT2D eigenvalue weighted by Gasteiger charge is 2.46. The number of carbonyl (C=O) groups excluding carboxylic acids is 1. The Bertz CT molecular complexity index is 280. The van der Waals surface area contributed by atoms with Crippen molar-refractivity contribution in [1.82, 2.24) is 4.90 Å². The van der Waals surface area contributed by atoms with Gasteiger partial charge in [-0.3, -0.25) is 4.79 Å². The van der Waals surface area contributed by atoms with E-state index in [4.69, 9.17) is 10.8 Å². The van der Waals surface area contributed by atoms with Crippen molar-refractivity contribution in [1.29, 1.82) is 0 Å². The molecule has 15 heavy (non-hydrogen) atoms. The van der Waals surface area contributed by atoms with Crippen LogP contribution in [0.25, 0.3) is 0 Å². The summed E-state index contributed by atoms with van der Waals surface area (Å²) in [7, 11) is 0. The molecular formula is C10H18N2O3. The second-order valence-corrected chi connectivity index (χ2v) is 4.31. The summed E-state index contributed by atoms with van der Waals surface area (Å²) in [5.41, 5.74) is 4.37. The first kappa shape index (κ1) is 12.0. The van der Waals surface area contributed by atoms with Crippen molar-refractivity contribution in [2.24, 2.45) is 11.7 Å². The van der Waals surface area contributed by atoms with Gasteiger partial charge in [0, 0.05) is 19.0 Å². The lowest BCUT2D eigenvalue weighted by molar-refractivity contribution is -0.156. The summed E-state index contributed by atoms with van der Waals surface area (Å²) in [6.45, 7) is 4.10. The molecule has 0 radical (unpaired) electrons. The van der Waals surface area contributed by atoms with Gasteiger partial charge in [0.25, 0.3) is 0 Å². The molecule has 0 saturated carbocycles. The second kappa shape index (κ2) is 4.18. The zero-order valence-corrected chi connectivity index (χ0v) is 9.19. The van der Waals surface area contributed by atoms with Crippen LogP contribution in [0.5, 0.6) is 0 Å². The van der Waals surface area contributed by atoms with E-state index in [1.165, 1.54) is 4.90 Å². The van der Waals surface area contributed by atoms with Crippen molar-refractivity contribution in [2.75, 3.05) is 13.1 Å². The Morgan fingerprint density at radius 2 is 2.20 bits per heavy atom. The molecule has 1 amide bonds. The average molecular weight is 214 g/mol. The summed E-state index contributed by atoms with van der Waals surface area (Å²) >= 11 is 0. The van der Waals surface area contributed by atoms with Gasteiger partial charge >= 0.3 is 5.97 Å². The van der Waals surface area contributed by atoms with Crippen molar-refractivity contribution in [2.45, 2.75) is 32.2 Å². The number of likely N-dealkylation sites (tertiary alicyclic amines) is 1. The molecule has 0 spiro atoms. The van der Waals surface area contributed by atoms with Gasteiger partial charge in [-0.2, -0.15) is 0 Å². The normalized spacial score (nSPS) is 27.8. The maximum atomic E-state index is 11.9. The first-order valence-electron chi connectivity index (χ1n) is 5.18. The number of aliphatic carboxylic acids is 1. The Balaban J connectivity index is 2.86. The Morgan fingerprint density at radius 3 is 2.67 bits per heavy atom. The largest absolute Gasteiger partial charge is 0.480 e. The van der Waals surface area contributed by atoms with Gasteiger partial charge in [0.05, 0.1) is 0 Å². The zero-order valence-electron chi connectivity index (χ0n) is 9.19. The van der Waals surface area contributed by atoms with Gasteiger partial charge in [0.2, 0.25) is 5.91 Å². The highest BCUT2D eigenvalue weighted by molar-refractivity contribution is 5.88. The van der Waals surface area contributed by atoms with E-state index >= 15 is 0 Å². The monoisotopic (exact) mass is 214 g/mol.